The van der Waals surface area contributed by atoms with Crippen molar-refractivity contribution in [2.45, 2.75) is 0 Å². The van der Waals surface area contributed by atoms with Gasteiger partial charge in [-0.25, -0.2) is 9.37 Å². The van der Waals surface area contributed by atoms with Crippen LogP contribution in [0.25, 0.3) is 10.6 Å². The standard InChI is InChI=1S/C11H8ClFN2OS/c1-14-10(16)9-5-15-11(17-9)6-2-7(12)4-8(13)3-6/h2-5H,1H3,(H,14,16). The zero-order valence-corrected chi connectivity index (χ0v) is 10.4. The minimum absolute atomic E-state index is 0.212. The average molecular weight is 271 g/mol. The molecule has 6 heteroatoms. The fourth-order valence-corrected chi connectivity index (χ4v) is 2.38. The Kier molecular flexibility index (Phi) is 3.40. The molecule has 0 radical (unpaired) electrons. The molecule has 0 aliphatic rings. The quantitative estimate of drug-likeness (QED) is 0.912. The van der Waals surface area contributed by atoms with Gasteiger partial charge in [0.25, 0.3) is 5.91 Å². The number of hydrogen-bond acceptors (Lipinski definition) is 3. The SMILES string of the molecule is CNC(=O)c1cnc(-c2cc(F)cc(Cl)c2)s1. The summed E-state index contributed by atoms with van der Waals surface area (Å²) in [6, 6.07) is 4.16. The summed E-state index contributed by atoms with van der Waals surface area (Å²) in [7, 11) is 1.54. The molecule has 0 aliphatic carbocycles. The van der Waals surface area contributed by atoms with Crippen molar-refractivity contribution in [3.63, 3.8) is 0 Å². The van der Waals surface area contributed by atoms with Crippen molar-refractivity contribution in [2.24, 2.45) is 0 Å². The van der Waals surface area contributed by atoms with Crippen LogP contribution in [0.2, 0.25) is 5.02 Å². The van der Waals surface area contributed by atoms with Crippen LogP contribution in [0.4, 0.5) is 4.39 Å². The van der Waals surface area contributed by atoms with Gasteiger partial charge in [0.2, 0.25) is 0 Å². The lowest BCUT2D eigenvalue weighted by atomic mass is 10.2. The van der Waals surface area contributed by atoms with Crippen molar-refractivity contribution in [3.05, 3.63) is 40.1 Å². The number of hydrogen-bond donors (Lipinski definition) is 1. The minimum Gasteiger partial charge on any atom is -0.354 e. The first-order valence-corrected chi connectivity index (χ1v) is 5.94. The third-order valence-electron chi connectivity index (χ3n) is 2.07. The molecule has 1 aromatic carbocycles. The van der Waals surface area contributed by atoms with Gasteiger partial charge in [-0.1, -0.05) is 11.6 Å². The monoisotopic (exact) mass is 270 g/mol. The van der Waals surface area contributed by atoms with Crippen molar-refractivity contribution in [1.29, 1.82) is 0 Å². The molecule has 0 fully saturated rings. The Balaban J connectivity index is 2.40. The number of nitrogens with one attached hydrogen (secondary N) is 1. The van der Waals surface area contributed by atoms with Crippen LogP contribution >= 0.6 is 22.9 Å². The highest BCUT2D eigenvalue weighted by Gasteiger charge is 2.11. The van der Waals surface area contributed by atoms with E-state index in [0.29, 0.717) is 20.5 Å². The van der Waals surface area contributed by atoms with E-state index in [1.807, 2.05) is 0 Å². The van der Waals surface area contributed by atoms with Crippen molar-refractivity contribution in [2.75, 3.05) is 7.05 Å². The molecule has 2 aromatic rings. The van der Waals surface area contributed by atoms with Crippen molar-refractivity contribution < 1.29 is 9.18 Å². The molecule has 2 rings (SSSR count). The second kappa shape index (κ2) is 4.81. The first-order valence-electron chi connectivity index (χ1n) is 4.74. The summed E-state index contributed by atoms with van der Waals surface area (Å²) in [5, 5.41) is 3.36. The predicted octanol–water partition coefficient (Wildman–Crippen LogP) is 2.96. The van der Waals surface area contributed by atoms with Gasteiger partial charge in [0, 0.05) is 17.6 Å². The number of thiazole rings is 1. The van der Waals surface area contributed by atoms with E-state index in [4.69, 9.17) is 11.6 Å². The van der Waals surface area contributed by atoms with Gasteiger partial charge in [0.1, 0.15) is 15.7 Å². The lowest BCUT2D eigenvalue weighted by Crippen LogP contribution is -2.16. The number of rotatable bonds is 2. The van der Waals surface area contributed by atoms with Crippen LogP contribution in [0.1, 0.15) is 9.67 Å². The van der Waals surface area contributed by atoms with Gasteiger partial charge in [-0.3, -0.25) is 4.79 Å². The van der Waals surface area contributed by atoms with Crippen LogP contribution in [-0.4, -0.2) is 17.9 Å². The topological polar surface area (TPSA) is 42.0 Å². The molecular weight excluding hydrogens is 263 g/mol. The summed E-state index contributed by atoms with van der Waals surface area (Å²) < 4.78 is 13.2. The lowest BCUT2D eigenvalue weighted by Gasteiger charge is -1.98. The zero-order valence-electron chi connectivity index (χ0n) is 8.83. The Morgan fingerprint density at radius 1 is 1.47 bits per heavy atom. The summed E-state index contributed by atoms with van der Waals surface area (Å²) >= 11 is 6.94. The van der Waals surface area contributed by atoms with E-state index in [0.717, 1.165) is 0 Å². The molecular formula is C11H8ClFN2OS. The smallest absolute Gasteiger partial charge is 0.262 e. The maximum atomic E-state index is 13.2. The molecule has 1 heterocycles. The van der Waals surface area contributed by atoms with Gasteiger partial charge in [-0.15, -0.1) is 11.3 Å². The molecule has 0 atom stereocenters. The van der Waals surface area contributed by atoms with E-state index in [1.54, 1.807) is 13.1 Å². The zero-order chi connectivity index (χ0) is 12.4. The molecule has 0 aliphatic heterocycles. The lowest BCUT2D eigenvalue weighted by molar-refractivity contribution is 0.0967. The Morgan fingerprint density at radius 3 is 2.88 bits per heavy atom. The highest BCUT2D eigenvalue weighted by molar-refractivity contribution is 7.16. The molecule has 0 spiro atoms. The van der Waals surface area contributed by atoms with Gasteiger partial charge in [0.05, 0.1) is 6.20 Å². The maximum absolute atomic E-state index is 13.2. The van der Waals surface area contributed by atoms with Crippen LogP contribution < -0.4 is 5.32 Å². The number of carbonyl (C=O) groups is 1. The molecule has 88 valence electrons. The highest BCUT2D eigenvalue weighted by Crippen LogP contribution is 2.28. The number of nitrogens with zero attached hydrogens (tertiary/aromatic N) is 1. The van der Waals surface area contributed by atoms with Gasteiger partial charge < -0.3 is 5.32 Å². The van der Waals surface area contributed by atoms with Crippen LogP contribution in [-0.2, 0) is 0 Å². The van der Waals surface area contributed by atoms with Crippen molar-refractivity contribution in [1.82, 2.24) is 10.3 Å². The first-order chi connectivity index (χ1) is 8.10. The molecule has 0 unspecified atom stereocenters. The molecule has 0 saturated carbocycles. The number of aromatic nitrogens is 1. The first kappa shape index (κ1) is 12.0. The predicted molar refractivity (Wildman–Crippen MR) is 65.9 cm³/mol. The number of benzene rings is 1. The van der Waals surface area contributed by atoms with E-state index < -0.39 is 5.82 Å². The van der Waals surface area contributed by atoms with E-state index >= 15 is 0 Å². The van der Waals surface area contributed by atoms with Crippen LogP contribution in [0.3, 0.4) is 0 Å². The third kappa shape index (κ3) is 2.62. The average Bonchev–Trinajstić information content (AvgIpc) is 2.76. The Morgan fingerprint density at radius 2 is 2.24 bits per heavy atom. The molecule has 1 N–H and O–H groups in total. The second-order valence-electron chi connectivity index (χ2n) is 3.27. The molecule has 1 amide bonds. The molecule has 3 nitrogen and oxygen atoms in total. The summed E-state index contributed by atoms with van der Waals surface area (Å²) in [6.45, 7) is 0. The van der Waals surface area contributed by atoms with E-state index in [2.05, 4.69) is 10.3 Å². The normalized spacial score (nSPS) is 10.3. The van der Waals surface area contributed by atoms with Gasteiger partial charge in [-0.2, -0.15) is 0 Å². The molecule has 0 saturated heterocycles. The summed E-state index contributed by atoms with van der Waals surface area (Å²) in [5.41, 5.74) is 0.565. The number of amides is 1. The van der Waals surface area contributed by atoms with Crippen molar-refractivity contribution >= 4 is 28.8 Å². The van der Waals surface area contributed by atoms with E-state index in [1.165, 1.54) is 29.7 Å². The van der Waals surface area contributed by atoms with Gasteiger partial charge in [-0.05, 0) is 18.2 Å². The molecule has 1 aromatic heterocycles. The summed E-state index contributed by atoms with van der Waals surface area (Å²) in [4.78, 5) is 15.9. The third-order valence-corrected chi connectivity index (χ3v) is 3.33. The fourth-order valence-electron chi connectivity index (χ4n) is 1.31. The molecule has 17 heavy (non-hydrogen) atoms. The van der Waals surface area contributed by atoms with Gasteiger partial charge in [0.15, 0.2) is 0 Å². The molecule has 0 bridgehead atoms. The number of carbonyl (C=O) groups excluding carboxylic acids is 1. The van der Waals surface area contributed by atoms with Crippen LogP contribution in [0, 0.1) is 5.82 Å². The Bertz CT molecular complexity index is 550. The fraction of sp³-hybridized carbons (Fsp3) is 0.0909. The maximum Gasteiger partial charge on any atom is 0.262 e. The van der Waals surface area contributed by atoms with E-state index in [-0.39, 0.29) is 5.91 Å². The second-order valence-corrected chi connectivity index (χ2v) is 4.73. The van der Waals surface area contributed by atoms with Crippen LogP contribution in [0.5, 0.6) is 0 Å². The Labute approximate surface area is 106 Å². The Hall–Kier alpha value is -1.46. The number of halogens is 2. The largest absolute Gasteiger partial charge is 0.354 e. The van der Waals surface area contributed by atoms with Crippen molar-refractivity contribution in [3.8, 4) is 10.6 Å². The summed E-state index contributed by atoms with van der Waals surface area (Å²) in [6.07, 6.45) is 1.46. The van der Waals surface area contributed by atoms with E-state index in [9.17, 15) is 9.18 Å². The van der Waals surface area contributed by atoms with Gasteiger partial charge >= 0.3 is 0 Å². The van der Waals surface area contributed by atoms with Crippen LogP contribution in [0.15, 0.2) is 24.4 Å². The summed E-state index contributed by atoms with van der Waals surface area (Å²) in [5.74, 6) is -0.638. The minimum atomic E-state index is -0.427. The highest BCUT2D eigenvalue weighted by atomic mass is 35.5.